The number of amides is 4. The second kappa shape index (κ2) is 20.0. The summed E-state index contributed by atoms with van der Waals surface area (Å²) in [5, 5.41) is 6.12. The number of hydrogen-bond acceptors (Lipinski definition) is 8. The summed E-state index contributed by atoms with van der Waals surface area (Å²) in [4.78, 5) is 73.0. The van der Waals surface area contributed by atoms with Crippen molar-refractivity contribution in [2.75, 3.05) is 26.5 Å². The summed E-state index contributed by atoms with van der Waals surface area (Å²) in [5.74, 6) is -0.851. The van der Waals surface area contributed by atoms with Gasteiger partial charge in [-0.2, -0.15) is 0 Å². The van der Waals surface area contributed by atoms with Gasteiger partial charge in [-0.15, -0.1) is 11.8 Å². The number of esters is 1. The van der Waals surface area contributed by atoms with Gasteiger partial charge in [0.15, 0.2) is 0 Å². The largest absolute Gasteiger partial charge is 0.497 e. The summed E-state index contributed by atoms with van der Waals surface area (Å²) in [5.41, 5.74) is 1.98. The summed E-state index contributed by atoms with van der Waals surface area (Å²) >= 11 is 1.65. The molecule has 11 nitrogen and oxygen atoms in total. The fourth-order valence-corrected chi connectivity index (χ4v) is 9.89. The molecule has 3 aliphatic heterocycles. The lowest BCUT2D eigenvalue weighted by Crippen LogP contribution is -2.57. The minimum absolute atomic E-state index is 0.0840. The first kappa shape index (κ1) is 41.1. The number of benzene rings is 2. The van der Waals surface area contributed by atoms with E-state index in [1.165, 1.54) is 7.11 Å². The number of nitrogens with one attached hydrogen (secondary N) is 2. The molecule has 3 heterocycles. The Kier molecular flexibility index (Phi) is 14.7. The van der Waals surface area contributed by atoms with Crippen molar-refractivity contribution in [3.05, 3.63) is 95.8 Å². The van der Waals surface area contributed by atoms with Crippen LogP contribution in [0.1, 0.15) is 75.3 Å². The van der Waals surface area contributed by atoms with E-state index in [-0.39, 0.29) is 35.0 Å². The second-order valence-corrected chi connectivity index (χ2v) is 16.6. The summed E-state index contributed by atoms with van der Waals surface area (Å²) in [6, 6.07) is 17.4. The van der Waals surface area contributed by atoms with E-state index >= 15 is 0 Å². The number of thioether (sulfide) groups is 1. The van der Waals surface area contributed by atoms with Crippen molar-refractivity contribution in [1.29, 1.82) is 0 Å². The molecular weight excluding hydrogens is 729 g/mol. The summed E-state index contributed by atoms with van der Waals surface area (Å²) in [6.45, 7) is 0.616. The van der Waals surface area contributed by atoms with Gasteiger partial charge in [-0.1, -0.05) is 66.7 Å². The van der Waals surface area contributed by atoms with Crippen molar-refractivity contribution in [2.45, 2.75) is 107 Å². The van der Waals surface area contributed by atoms with E-state index in [1.54, 1.807) is 23.8 Å². The molecule has 0 aromatic heterocycles. The summed E-state index contributed by atoms with van der Waals surface area (Å²) in [7, 11) is 2.96. The molecule has 12 heteroatoms. The number of likely N-dealkylation sites (tertiary alicyclic amines) is 1. The Morgan fingerprint density at radius 1 is 0.786 bits per heavy atom. The molecule has 0 bridgehead atoms. The van der Waals surface area contributed by atoms with Crippen LogP contribution in [-0.2, 0) is 46.3 Å². The molecule has 4 aliphatic rings. The Labute approximate surface area is 335 Å². The summed E-state index contributed by atoms with van der Waals surface area (Å²) in [6.07, 6.45) is 13.1. The number of fused-ring (bicyclic) bond motifs is 1. The first-order valence-corrected chi connectivity index (χ1v) is 21.2. The molecule has 1 unspecified atom stereocenters. The number of carbonyl (C=O) groups excluding carboxylic acids is 5. The number of methoxy groups -OCH3 is 2. The second-order valence-electron chi connectivity index (χ2n) is 15.3. The lowest BCUT2D eigenvalue weighted by molar-refractivity contribution is -0.156. The third kappa shape index (κ3) is 10.4. The van der Waals surface area contributed by atoms with Crippen LogP contribution in [0.4, 0.5) is 0 Å². The number of carbonyl (C=O) groups is 5. The van der Waals surface area contributed by atoms with Crippen LogP contribution in [0.5, 0.6) is 0 Å². The highest BCUT2D eigenvalue weighted by atomic mass is 32.2. The molecule has 56 heavy (non-hydrogen) atoms. The average Bonchev–Trinajstić information content (AvgIpc) is 3.51. The van der Waals surface area contributed by atoms with E-state index in [0.29, 0.717) is 63.7 Å². The predicted octanol–water partition coefficient (Wildman–Crippen LogP) is 5.34. The lowest BCUT2D eigenvalue weighted by Gasteiger charge is -2.40. The highest BCUT2D eigenvalue weighted by Gasteiger charge is 2.44. The van der Waals surface area contributed by atoms with Gasteiger partial charge in [0.05, 0.1) is 25.6 Å². The zero-order chi connectivity index (χ0) is 39.4. The number of rotatable bonds is 14. The predicted molar refractivity (Wildman–Crippen MR) is 216 cm³/mol. The van der Waals surface area contributed by atoms with Gasteiger partial charge in [0.25, 0.3) is 0 Å². The number of nitrogens with zero attached hydrogens (tertiary/aromatic N) is 2. The minimum Gasteiger partial charge on any atom is -0.497 e. The molecule has 300 valence electrons. The van der Waals surface area contributed by atoms with Gasteiger partial charge in [-0.3, -0.25) is 19.2 Å². The van der Waals surface area contributed by atoms with Crippen LogP contribution in [-0.4, -0.2) is 95.5 Å². The van der Waals surface area contributed by atoms with Crippen molar-refractivity contribution in [3.8, 4) is 0 Å². The molecule has 6 rings (SSSR count). The quantitative estimate of drug-likeness (QED) is 0.246. The van der Waals surface area contributed by atoms with Crippen molar-refractivity contribution in [3.63, 3.8) is 0 Å². The van der Waals surface area contributed by atoms with Crippen LogP contribution >= 0.6 is 11.8 Å². The van der Waals surface area contributed by atoms with Crippen LogP contribution in [0, 0.1) is 11.8 Å². The van der Waals surface area contributed by atoms with Gasteiger partial charge in [-0.25, -0.2) is 4.79 Å². The molecule has 2 aromatic carbocycles. The molecular formula is C44H56N4O7S. The molecule has 3 saturated heterocycles. The van der Waals surface area contributed by atoms with Crippen molar-refractivity contribution >= 4 is 41.4 Å². The van der Waals surface area contributed by atoms with Crippen molar-refractivity contribution in [2.24, 2.45) is 11.8 Å². The molecule has 2 N–H and O–H groups in total. The fourth-order valence-electron chi connectivity index (χ4n) is 8.50. The first-order valence-electron chi connectivity index (χ1n) is 20.2. The molecule has 4 amide bonds. The van der Waals surface area contributed by atoms with E-state index in [4.69, 9.17) is 9.47 Å². The van der Waals surface area contributed by atoms with E-state index in [2.05, 4.69) is 10.6 Å². The summed E-state index contributed by atoms with van der Waals surface area (Å²) < 4.78 is 10.5. The van der Waals surface area contributed by atoms with E-state index in [9.17, 15) is 24.0 Å². The molecule has 0 spiro atoms. The van der Waals surface area contributed by atoms with Crippen LogP contribution in [0.3, 0.4) is 0 Å². The molecule has 0 saturated carbocycles. The Morgan fingerprint density at radius 2 is 1.41 bits per heavy atom. The van der Waals surface area contributed by atoms with Crippen molar-refractivity contribution in [1.82, 2.24) is 20.4 Å². The third-order valence-electron chi connectivity index (χ3n) is 11.6. The number of ether oxygens (including phenoxy) is 2. The minimum atomic E-state index is -0.773. The van der Waals surface area contributed by atoms with E-state index in [0.717, 1.165) is 42.6 Å². The number of hydrogen-bond donors (Lipinski definition) is 2. The Balaban J connectivity index is 1.19. The van der Waals surface area contributed by atoms with Crippen LogP contribution in [0.15, 0.2) is 84.7 Å². The topological polar surface area (TPSA) is 134 Å². The zero-order valence-corrected chi connectivity index (χ0v) is 33.4. The highest BCUT2D eigenvalue weighted by molar-refractivity contribution is 7.99. The first-order chi connectivity index (χ1) is 27.2. The molecule has 7 atom stereocenters. The molecule has 3 fully saturated rings. The number of allylic oxidation sites excluding steroid dienone is 1. The lowest BCUT2D eigenvalue weighted by atomic mass is 9.86. The van der Waals surface area contributed by atoms with Gasteiger partial charge in [-0.05, 0) is 106 Å². The zero-order valence-electron chi connectivity index (χ0n) is 32.6. The number of piperidine rings is 1. The van der Waals surface area contributed by atoms with E-state index in [1.807, 2.05) is 83.8 Å². The van der Waals surface area contributed by atoms with Gasteiger partial charge in [0.1, 0.15) is 23.9 Å². The SMILES string of the molecule is COC(=O)[C@@H]1CCC[C@@H]2SCC[C@H](NC(=O)[C@H](CC[C@H](Cc3ccccc3)C(=O)N[C@H]3CCCCN(C4C=C(OC)C=CC4)C3=O)Cc3ccccc3)C(=O)N21. The van der Waals surface area contributed by atoms with Gasteiger partial charge in [0.2, 0.25) is 23.6 Å². The third-order valence-corrected chi connectivity index (χ3v) is 12.9. The van der Waals surface area contributed by atoms with Gasteiger partial charge >= 0.3 is 5.97 Å². The monoisotopic (exact) mass is 784 g/mol. The normalized spacial score (nSPS) is 25.1. The van der Waals surface area contributed by atoms with E-state index < -0.39 is 35.9 Å². The molecule has 1 aliphatic carbocycles. The fraction of sp³-hybridized carbons (Fsp3) is 0.523. The van der Waals surface area contributed by atoms with Gasteiger partial charge < -0.3 is 29.9 Å². The van der Waals surface area contributed by atoms with Crippen LogP contribution in [0.2, 0.25) is 0 Å². The molecule has 2 aromatic rings. The average molecular weight is 785 g/mol. The Morgan fingerprint density at radius 3 is 2.02 bits per heavy atom. The highest BCUT2D eigenvalue weighted by Crippen LogP contribution is 2.35. The Bertz CT molecular complexity index is 1740. The standard InChI is InChI=1S/C44H56N4O7S/c1-54-35-18-11-17-34(29-35)47-25-10-9-19-36(42(47)51)45-40(49)32(27-30-13-5-3-6-14-30)22-23-33(28-31-15-7-4-8-16-31)41(50)46-37-24-26-56-39-21-12-20-38(44(53)55-2)48(39)43(37)52/h3-8,11,13-16,18,29,32-34,36-39H,9-10,12,17,19-28H2,1-2H3,(H,45,49)(H,46,50)/t32-,33-,34?,36+,37+,38+,39+/m1/s1. The maximum absolute atomic E-state index is 14.3. The maximum atomic E-state index is 14.3. The molecule has 0 radical (unpaired) electrons. The smallest absolute Gasteiger partial charge is 0.328 e. The van der Waals surface area contributed by atoms with Crippen LogP contribution in [0.25, 0.3) is 0 Å². The van der Waals surface area contributed by atoms with Crippen LogP contribution < -0.4 is 10.6 Å². The Hall–Kier alpha value is -4.58. The maximum Gasteiger partial charge on any atom is 0.328 e. The van der Waals surface area contributed by atoms with Gasteiger partial charge in [0, 0.05) is 18.4 Å². The van der Waals surface area contributed by atoms with Crippen molar-refractivity contribution < 1.29 is 33.4 Å².